The molecule has 1 atom stereocenters. The fourth-order valence-corrected chi connectivity index (χ4v) is 2.17. The van der Waals surface area contributed by atoms with Gasteiger partial charge >= 0.3 is 0 Å². The molecular formula is C15H30O2. The van der Waals surface area contributed by atoms with Gasteiger partial charge in [0.25, 0.3) is 0 Å². The van der Waals surface area contributed by atoms with Crippen LogP contribution in [0.4, 0.5) is 0 Å². The van der Waals surface area contributed by atoms with Crippen molar-refractivity contribution < 1.29 is 9.84 Å². The van der Waals surface area contributed by atoms with Gasteiger partial charge in [0.2, 0.25) is 0 Å². The second kappa shape index (κ2) is 5.43. The van der Waals surface area contributed by atoms with E-state index >= 15 is 0 Å². The van der Waals surface area contributed by atoms with Gasteiger partial charge in [0.05, 0.1) is 12.4 Å². The highest BCUT2D eigenvalue weighted by Crippen LogP contribution is 2.51. The largest absolute Gasteiger partial charge is 0.496 e. The Kier molecular flexibility index (Phi) is 5.27. The lowest BCUT2D eigenvalue weighted by atomic mass is 9.60. The third-order valence-corrected chi connectivity index (χ3v) is 3.52. The third kappa shape index (κ3) is 4.71. The molecule has 0 heterocycles. The van der Waals surface area contributed by atoms with Crippen LogP contribution >= 0.6 is 0 Å². The molecule has 0 fully saturated rings. The Balaban J connectivity index is 5.05. The predicted molar refractivity (Wildman–Crippen MR) is 73.8 cm³/mol. The number of allylic oxidation sites excluding steroid dienone is 1. The second-order valence-electron chi connectivity index (χ2n) is 7.31. The fraction of sp³-hybridized carbons (Fsp3) is 0.867. The average Bonchev–Trinajstić information content (AvgIpc) is 2.09. The monoisotopic (exact) mass is 242 g/mol. The van der Waals surface area contributed by atoms with Crippen molar-refractivity contribution in [1.82, 2.24) is 0 Å². The minimum Gasteiger partial charge on any atom is -0.496 e. The van der Waals surface area contributed by atoms with Crippen LogP contribution in [-0.4, -0.2) is 18.3 Å². The molecule has 0 radical (unpaired) electrons. The first-order valence-corrected chi connectivity index (χ1v) is 6.37. The van der Waals surface area contributed by atoms with E-state index in [1.54, 1.807) is 0 Å². The quantitative estimate of drug-likeness (QED) is 0.738. The van der Waals surface area contributed by atoms with E-state index in [4.69, 9.17) is 9.84 Å². The van der Waals surface area contributed by atoms with E-state index in [-0.39, 0.29) is 22.9 Å². The van der Waals surface area contributed by atoms with Crippen molar-refractivity contribution in [2.45, 2.75) is 54.9 Å². The van der Waals surface area contributed by atoms with Gasteiger partial charge in [-0.2, -0.15) is 0 Å². The SMILES string of the molecule is C=C(OCCO)C(C)(CC(C)(C)C)C(C)(C)C. The van der Waals surface area contributed by atoms with Crippen molar-refractivity contribution >= 4 is 0 Å². The molecule has 0 aromatic heterocycles. The van der Waals surface area contributed by atoms with E-state index in [1.807, 2.05) is 0 Å². The molecular weight excluding hydrogens is 212 g/mol. The van der Waals surface area contributed by atoms with Gasteiger partial charge in [-0.3, -0.25) is 0 Å². The van der Waals surface area contributed by atoms with Crippen LogP contribution in [-0.2, 0) is 4.74 Å². The zero-order valence-electron chi connectivity index (χ0n) is 12.7. The standard InChI is InChI=1S/C15H30O2/c1-12(17-10-9-16)15(8,14(5,6)7)11-13(2,3)4/h16H,1,9-11H2,2-8H3. The summed E-state index contributed by atoms with van der Waals surface area (Å²) >= 11 is 0. The summed E-state index contributed by atoms with van der Waals surface area (Å²) in [5.74, 6) is 0.786. The van der Waals surface area contributed by atoms with Crippen LogP contribution in [0.1, 0.15) is 54.9 Å². The highest BCUT2D eigenvalue weighted by molar-refractivity contribution is 5.08. The number of hydrogen-bond acceptors (Lipinski definition) is 2. The molecule has 0 bridgehead atoms. The molecule has 1 N–H and O–H groups in total. The molecule has 0 aromatic carbocycles. The summed E-state index contributed by atoms with van der Waals surface area (Å²) in [7, 11) is 0. The summed E-state index contributed by atoms with van der Waals surface area (Å²) in [6.07, 6.45) is 1.01. The summed E-state index contributed by atoms with van der Waals surface area (Å²) in [5.41, 5.74) is 0.195. The predicted octanol–water partition coefficient (Wildman–Crippen LogP) is 4.00. The Hall–Kier alpha value is -0.500. The van der Waals surface area contributed by atoms with Crippen LogP contribution in [0.15, 0.2) is 12.3 Å². The lowest BCUT2D eigenvalue weighted by Crippen LogP contribution is -2.39. The molecule has 0 amide bonds. The Labute approximate surface area is 107 Å². The first-order valence-electron chi connectivity index (χ1n) is 6.37. The summed E-state index contributed by atoms with van der Waals surface area (Å²) in [6, 6.07) is 0. The number of rotatable bonds is 5. The van der Waals surface area contributed by atoms with Gasteiger partial charge in [0, 0.05) is 5.41 Å². The molecule has 0 aromatic rings. The van der Waals surface area contributed by atoms with Crippen molar-refractivity contribution in [2.75, 3.05) is 13.2 Å². The van der Waals surface area contributed by atoms with Gasteiger partial charge in [0.1, 0.15) is 6.61 Å². The summed E-state index contributed by atoms with van der Waals surface area (Å²) in [6.45, 7) is 20.0. The Morgan fingerprint density at radius 1 is 1.06 bits per heavy atom. The van der Waals surface area contributed by atoms with Gasteiger partial charge in [-0.05, 0) is 17.3 Å². The average molecular weight is 242 g/mol. The maximum Gasteiger partial charge on any atom is 0.111 e. The molecule has 1 unspecified atom stereocenters. The molecule has 0 saturated heterocycles. The van der Waals surface area contributed by atoms with Gasteiger partial charge < -0.3 is 9.84 Å². The molecule has 17 heavy (non-hydrogen) atoms. The number of hydrogen-bond donors (Lipinski definition) is 1. The number of ether oxygens (including phenoxy) is 1. The molecule has 0 aliphatic heterocycles. The first-order chi connectivity index (χ1) is 7.44. The smallest absolute Gasteiger partial charge is 0.111 e. The Bertz CT molecular complexity index is 255. The topological polar surface area (TPSA) is 29.5 Å². The maximum absolute atomic E-state index is 8.85. The zero-order chi connectivity index (χ0) is 13.9. The van der Waals surface area contributed by atoms with E-state index < -0.39 is 0 Å². The summed E-state index contributed by atoms with van der Waals surface area (Å²) < 4.78 is 5.58. The van der Waals surface area contributed by atoms with Gasteiger partial charge in [-0.1, -0.05) is 55.0 Å². The van der Waals surface area contributed by atoms with Gasteiger partial charge in [0.15, 0.2) is 0 Å². The molecule has 0 aliphatic rings. The van der Waals surface area contributed by atoms with Crippen LogP contribution in [0.25, 0.3) is 0 Å². The molecule has 2 heteroatoms. The van der Waals surface area contributed by atoms with Crippen LogP contribution in [0.2, 0.25) is 0 Å². The first kappa shape index (κ1) is 16.5. The molecule has 0 saturated carbocycles. The van der Waals surface area contributed by atoms with E-state index in [0.717, 1.165) is 12.2 Å². The molecule has 0 aliphatic carbocycles. The lowest BCUT2D eigenvalue weighted by molar-refractivity contribution is 0.0130. The second-order valence-corrected chi connectivity index (χ2v) is 7.31. The van der Waals surface area contributed by atoms with Crippen molar-refractivity contribution in [2.24, 2.45) is 16.2 Å². The third-order valence-electron chi connectivity index (χ3n) is 3.52. The Morgan fingerprint density at radius 2 is 1.53 bits per heavy atom. The zero-order valence-corrected chi connectivity index (χ0v) is 12.7. The van der Waals surface area contributed by atoms with Crippen LogP contribution in [0.5, 0.6) is 0 Å². The molecule has 2 nitrogen and oxygen atoms in total. The lowest BCUT2D eigenvalue weighted by Gasteiger charge is -2.46. The maximum atomic E-state index is 8.85. The van der Waals surface area contributed by atoms with Crippen molar-refractivity contribution in [3.8, 4) is 0 Å². The van der Waals surface area contributed by atoms with Gasteiger partial charge in [-0.25, -0.2) is 0 Å². The van der Waals surface area contributed by atoms with E-state index in [1.165, 1.54) is 0 Å². The normalized spacial score (nSPS) is 16.5. The highest BCUT2D eigenvalue weighted by Gasteiger charge is 2.43. The molecule has 102 valence electrons. The van der Waals surface area contributed by atoms with Crippen molar-refractivity contribution in [3.63, 3.8) is 0 Å². The summed E-state index contributed by atoms with van der Waals surface area (Å²) in [5, 5.41) is 8.85. The van der Waals surface area contributed by atoms with Crippen LogP contribution in [0.3, 0.4) is 0 Å². The highest BCUT2D eigenvalue weighted by atomic mass is 16.5. The van der Waals surface area contributed by atoms with E-state index in [0.29, 0.717) is 6.61 Å². The van der Waals surface area contributed by atoms with Gasteiger partial charge in [-0.15, -0.1) is 0 Å². The Morgan fingerprint density at radius 3 is 1.82 bits per heavy atom. The molecule has 0 rings (SSSR count). The van der Waals surface area contributed by atoms with Crippen molar-refractivity contribution in [1.29, 1.82) is 0 Å². The minimum absolute atomic E-state index is 0.0365. The van der Waals surface area contributed by atoms with Crippen LogP contribution < -0.4 is 0 Å². The molecule has 0 spiro atoms. The van der Waals surface area contributed by atoms with E-state index in [9.17, 15) is 0 Å². The number of aliphatic hydroxyl groups is 1. The fourth-order valence-electron chi connectivity index (χ4n) is 2.17. The number of aliphatic hydroxyl groups excluding tert-OH is 1. The van der Waals surface area contributed by atoms with E-state index in [2.05, 4.69) is 55.0 Å². The van der Waals surface area contributed by atoms with Crippen molar-refractivity contribution in [3.05, 3.63) is 12.3 Å². The minimum atomic E-state index is -0.0968. The van der Waals surface area contributed by atoms with Crippen LogP contribution in [0, 0.1) is 16.2 Å². The summed E-state index contributed by atoms with van der Waals surface area (Å²) in [4.78, 5) is 0.